The van der Waals surface area contributed by atoms with Crippen LogP contribution in [0.2, 0.25) is 0 Å². The van der Waals surface area contributed by atoms with Gasteiger partial charge in [-0.15, -0.1) is 0 Å². The quantitative estimate of drug-likeness (QED) is 0.0308. The zero-order valence-corrected chi connectivity index (χ0v) is 37.1. The molecule has 66 heavy (non-hydrogen) atoms. The van der Waals surface area contributed by atoms with E-state index in [1.807, 2.05) is 18.2 Å². The summed E-state index contributed by atoms with van der Waals surface area (Å²) in [6.45, 7) is -0.850. The Morgan fingerprint density at radius 2 is 0.667 bits per heavy atom. The Kier molecular flexibility index (Phi) is 24.4. The van der Waals surface area contributed by atoms with Gasteiger partial charge in [0.1, 0.15) is 37.9 Å². The number of nitrogens with one attached hydrogen (secondary N) is 3. The van der Waals surface area contributed by atoms with Gasteiger partial charge in [0.2, 0.25) is 17.7 Å². The molecule has 3 atom stereocenters. The third-order valence-corrected chi connectivity index (χ3v) is 10.6. The fourth-order valence-electron chi connectivity index (χ4n) is 7.36. The van der Waals surface area contributed by atoms with Gasteiger partial charge < -0.3 is 59.7 Å². The molecule has 18 nitrogen and oxygen atoms in total. The highest BCUT2D eigenvalue weighted by Gasteiger charge is 2.42. The summed E-state index contributed by atoms with van der Waals surface area (Å²) in [7, 11) is 0. The Morgan fingerprint density at radius 1 is 0.409 bits per heavy atom. The first-order chi connectivity index (χ1) is 32.1. The van der Waals surface area contributed by atoms with Crippen molar-refractivity contribution in [2.24, 2.45) is 17.8 Å². The number of esters is 3. The third kappa shape index (κ3) is 19.4. The van der Waals surface area contributed by atoms with Gasteiger partial charge in [-0.3, -0.25) is 14.4 Å². The highest BCUT2D eigenvalue weighted by atomic mass is 16.6. The number of ether oxygens (including phenoxy) is 6. The van der Waals surface area contributed by atoms with Crippen molar-refractivity contribution in [3.63, 3.8) is 0 Å². The fraction of sp³-hybridized carbons (Fsp3) is 0.500. The molecule has 3 amide bonds. The Hall–Kier alpha value is -5.76. The maximum atomic E-state index is 14.3. The van der Waals surface area contributed by atoms with Gasteiger partial charge in [-0.05, 0) is 36.0 Å². The molecule has 0 radical (unpaired) electrons. The molecule has 0 aromatic heterocycles. The average molecular weight is 922 g/mol. The van der Waals surface area contributed by atoms with E-state index in [2.05, 4.69) is 16.0 Å². The van der Waals surface area contributed by atoms with Gasteiger partial charge in [0.25, 0.3) is 0 Å². The molecule has 4 rings (SSSR count). The first kappa shape index (κ1) is 52.9. The van der Waals surface area contributed by atoms with Crippen molar-refractivity contribution in [1.29, 1.82) is 0 Å². The van der Waals surface area contributed by atoms with Crippen LogP contribution in [0.15, 0.2) is 91.0 Å². The normalized spacial score (nSPS) is 17.0. The van der Waals surface area contributed by atoms with E-state index in [0.29, 0.717) is 0 Å². The molecule has 1 fully saturated rings. The number of benzene rings is 3. The summed E-state index contributed by atoms with van der Waals surface area (Å²) >= 11 is 0. The topological polar surface area (TPSA) is 255 Å². The number of hydrogen-bond donors (Lipinski definition) is 6. The highest BCUT2D eigenvalue weighted by molar-refractivity contribution is 5.91. The van der Waals surface area contributed by atoms with Crippen LogP contribution in [0.4, 0.5) is 0 Å². The van der Waals surface area contributed by atoms with Crippen LogP contribution in [0.5, 0.6) is 0 Å². The van der Waals surface area contributed by atoms with Gasteiger partial charge in [-0.25, -0.2) is 14.4 Å². The van der Waals surface area contributed by atoms with Crippen LogP contribution in [-0.4, -0.2) is 148 Å². The van der Waals surface area contributed by atoms with E-state index in [-0.39, 0.29) is 118 Å². The van der Waals surface area contributed by atoms with E-state index in [9.17, 15) is 28.8 Å². The maximum Gasteiger partial charge on any atom is 0.329 e. The molecule has 3 aromatic carbocycles. The average Bonchev–Trinajstić information content (AvgIpc) is 3.33. The highest BCUT2D eigenvalue weighted by Crippen LogP contribution is 2.35. The number of aliphatic hydroxyl groups is 3. The summed E-state index contributed by atoms with van der Waals surface area (Å²) in [6.07, 6.45) is 0.00320. The van der Waals surface area contributed by atoms with Crippen LogP contribution in [-0.2, 0) is 76.5 Å². The molecule has 0 bridgehead atoms. The van der Waals surface area contributed by atoms with Crippen LogP contribution >= 0.6 is 0 Å². The van der Waals surface area contributed by atoms with Gasteiger partial charge in [-0.2, -0.15) is 0 Å². The molecule has 0 heterocycles. The molecular formula is C48H63N3O15. The summed E-state index contributed by atoms with van der Waals surface area (Å²) in [5.74, 6) is -7.10. The second-order valence-corrected chi connectivity index (χ2v) is 15.6. The molecule has 1 saturated carbocycles. The molecule has 360 valence electrons. The van der Waals surface area contributed by atoms with Gasteiger partial charge >= 0.3 is 17.9 Å². The number of rotatable bonds is 30. The van der Waals surface area contributed by atoms with Gasteiger partial charge in [0.15, 0.2) is 0 Å². The van der Waals surface area contributed by atoms with Crippen molar-refractivity contribution < 1.29 is 72.5 Å². The van der Waals surface area contributed by atoms with E-state index in [0.717, 1.165) is 16.7 Å². The van der Waals surface area contributed by atoms with E-state index in [1.165, 1.54) is 0 Å². The molecule has 1 aliphatic rings. The molecule has 18 heteroatoms. The van der Waals surface area contributed by atoms with Crippen molar-refractivity contribution in [1.82, 2.24) is 16.0 Å². The SMILES string of the molecule is O=C(N[C@@H](Cc1ccccc1)C(=O)OCCOCCO)C1CC(C(=O)N[C@@H](Cc2ccccc2)C(=O)OCCOCCO)CC(C(=O)N[C@@H](Cc2ccccc2)C(=O)OCCOCCO)C1. The second-order valence-electron chi connectivity index (χ2n) is 15.6. The zero-order valence-electron chi connectivity index (χ0n) is 37.1. The summed E-state index contributed by atoms with van der Waals surface area (Å²) < 4.78 is 32.0. The molecule has 0 saturated heterocycles. The van der Waals surface area contributed by atoms with Crippen LogP contribution in [0.25, 0.3) is 0 Å². The van der Waals surface area contributed by atoms with E-state index in [1.54, 1.807) is 72.8 Å². The van der Waals surface area contributed by atoms with Gasteiger partial charge in [0, 0.05) is 37.0 Å². The number of carbonyl (C=O) groups is 6. The van der Waals surface area contributed by atoms with Crippen molar-refractivity contribution in [2.75, 3.05) is 79.3 Å². The minimum absolute atomic E-state index is 0.0150. The minimum Gasteiger partial charge on any atom is -0.462 e. The van der Waals surface area contributed by atoms with Gasteiger partial charge in [-0.1, -0.05) is 91.0 Å². The van der Waals surface area contributed by atoms with Crippen molar-refractivity contribution in [3.05, 3.63) is 108 Å². The summed E-state index contributed by atoms with van der Waals surface area (Å²) in [6, 6.07) is 23.4. The molecule has 0 unspecified atom stereocenters. The summed E-state index contributed by atoms with van der Waals surface area (Å²) in [5.41, 5.74) is 2.17. The maximum absolute atomic E-state index is 14.3. The summed E-state index contributed by atoms with van der Waals surface area (Å²) in [5, 5.41) is 35.5. The molecule has 6 N–H and O–H groups in total. The second kappa shape index (κ2) is 30.4. The van der Waals surface area contributed by atoms with E-state index < -0.39 is 71.5 Å². The molecule has 3 aromatic rings. The standard InChI is InChI=1S/C48H63N3O15/c52-16-19-61-22-25-64-46(58)40(28-34-10-4-1-5-11-34)49-43(55)37-31-38(44(56)50-41(29-35-12-6-2-7-13-35)47(59)65-26-23-62-20-17-53)33-39(32-37)45(57)51-42(30-36-14-8-3-9-15-36)48(60)66-27-24-63-21-18-54/h1-15,37-42,52-54H,16-33H2,(H,49,55)(H,50,56)(H,51,57)/t37?,38?,39?,40-,41-,42-/m0/s1. The number of aliphatic hydroxyl groups excluding tert-OH is 3. The smallest absolute Gasteiger partial charge is 0.329 e. The van der Waals surface area contributed by atoms with Crippen molar-refractivity contribution >= 4 is 35.6 Å². The Labute approximate surface area is 384 Å². The number of amides is 3. The first-order valence-corrected chi connectivity index (χ1v) is 22.2. The van der Waals surface area contributed by atoms with Crippen LogP contribution < -0.4 is 16.0 Å². The fourth-order valence-corrected chi connectivity index (χ4v) is 7.36. The predicted molar refractivity (Wildman–Crippen MR) is 237 cm³/mol. The lowest BCUT2D eigenvalue weighted by Gasteiger charge is -2.34. The Morgan fingerprint density at radius 3 is 0.909 bits per heavy atom. The molecule has 1 aliphatic carbocycles. The lowest BCUT2D eigenvalue weighted by atomic mass is 9.73. The summed E-state index contributed by atoms with van der Waals surface area (Å²) in [4.78, 5) is 83.5. The Bertz CT molecular complexity index is 1680. The Balaban J connectivity index is 1.60. The monoisotopic (exact) mass is 921 g/mol. The van der Waals surface area contributed by atoms with Crippen molar-refractivity contribution in [2.45, 2.75) is 56.7 Å². The zero-order chi connectivity index (χ0) is 47.4. The molecular weight excluding hydrogens is 859 g/mol. The van der Waals surface area contributed by atoms with Crippen LogP contribution in [0.1, 0.15) is 36.0 Å². The van der Waals surface area contributed by atoms with E-state index in [4.69, 9.17) is 43.7 Å². The van der Waals surface area contributed by atoms with Gasteiger partial charge in [0.05, 0.1) is 59.5 Å². The van der Waals surface area contributed by atoms with Crippen LogP contribution in [0, 0.1) is 17.8 Å². The molecule has 0 spiro atoms. The first-order valence-electron chi connectivity index (χ1n) is 22.2. The minimum atomic E-state index is -1.17. The largest absolute Gasteiger partial charge is 0.462 e. The lowest BCUT2D eigenvalue weighted by Crippen LogP contribution is -2.52. The van der Waals surface area contributed by atoms with Crippen LogP contribution in [0.3, 0.4) is 0 Å². The predicted octanol–water partition coefficient (Wildman–Crippen LogP) is 0.858. The lowest BCUT2D eigenvalue weighted by molar-refractivity contribution is -0.151. The third-order valence-electron chi connectivity index (χ3n) is 10.6. The van der Waals surface area contributed by atoms with Crippen molar-refractivity contribution in [3.8, 4) is 0 Å². The number of hydrogen-bond acceptors (Lipinski definition) is 15. The van der Waals surface area contributed by atoms with E-state index >= 15 is 0 Å². The number of carbonyl (C=O) groups excluding carboxylic acids is 6. The molecule has 0 aliphatic heterocycles.